The third kappa shape index (κ3) is 2.97. The van der Waals surface area contributed by atoms with Crippen molar-refractivity contribution < 1.29 is 0 Å². The van der Waals surface area contributed by atoms with E-state index < -0.39 is 0 Å². The lowest BCUT2D eigenvalue weighted by molar-refractivity contribution is 1.07. The number of nitrogens with two attached hydrogens (primary N) is 1. The van der Waals surface area contributed by atoms with Crippen LogP contribution in [0.3, 0.4) is 0 Å². The standard InChI is InChI=1S/C13H8Cl5N/c14-7-2-1-6(5-19)8(3-7)11-9(15)4-10(16)12(17)13(11)18/h1-4H,5,19H2. The molecule has 0 amide bonds. The Morgan fingerprint density at radius 1 is 0.842 bits per heavy atom. The van der Waals surface area contributed by atoms with Crippen molar-refractivity contribution >= 4 is 58.0 Å². The van der Waals surface area contributed by atoms with E-state index >= 15 is 0 Å². The molecule has 0 atom stereocenters. The Hall–Kier alpha value is -0.150. The maximum atomic E-state index is 6.23. The SMILES string of the molecule is NCc1ccc(Cl)cc1-c1c(Cl)cc(Cl)c(Cl)c1Cl. The number of hydrogen-bond acceptors (Lipinski definition) is 1. The van der Waals surface area contributed by atoms with Crippen molar-refractivity contribution in [2.45, 2.75) is 6.54 Å². The van der Waals surface area contributed by atoms with Crippen molar-refractivity contribution in [2.24, 2.45) is 5.73 Å². The molecule has 100 valence electrons. The summed E-state index contributed by atoms with van der Waals surface area (Å²) in [5.41, 5.74) is 7.92. The second-order valence-corrected chi connectivity index (χ2v) is 5.86. The molecule has 19 heavy (non-hydrogen) atoms. The average molecular weight is 355 g/mol. The van der Waals surface area contributed by atoms with E-state index in [9.17, 15) is 0 Å². The first-order chi connectivity index (χ1) is 8.95. The molecule has 0 aliphatic rings. The number of benzene rings is 2. The number of hydrogen-bond donors (Lipinski definition) is 1. The van der Waals surface area contributed by atoms with Crippen LogP contribution in [0, 0.1) is 0 Å². The molecule has 0 saturated heterocycles. The molecule has 0 spiro atoms. The molecule has 0 unspecified atom stereocenters. The number of halogens is 5. The fourth-order valence-corrected chi connectivity index (χ4v) is 3.06. The van der Waals surface area contributed by atoms with Crippen molar-refractivity contribution in [2.75, 3.05) is 0 Å². The van der Waals surface area contributed by atoms with Crippen LogP contribution in [0.4, 0.5) is 0 Å². The van der Waals surface area contributed by atoms with Crippen molar-refractivity contribution in [3.05, 3.63) is 54.9 Å². The van der Waals surface area contributed by atoms with E-state index in [0.29, 0.717) is 27.2 Å². The van der Waals surface area contributed by atoms with Gasteiger partial charge in [-0.2, -0.15) is 0 Å². The Bertz CT molecular complexity index is 639. The van der Waals surface area contributed by atoms with Gasteiger partial charge in [0.2, 0.25) is 0 Å². The molecule has 0 aliphatic carbocycles. The van der Waals surface area contributed by atoms with Crippen LogP contribution >= 0.6 is 58.0 Å². The second kappa shape index (κ2) is 6.09. The van der Waals surface area contributed by atoms with Crippen molar-refractivity contribution in [3.8, 4) is 11.1 Å². The minimum Gasteiger partial charge on any atom is -0.326 e. The quantitative estimate of drug-likeness (QED) is 0.513. The Kier molecular flexibility index (Phi) is 4.88. The van der Waals surface area contributed by atoms with Gasteiger partial charge in [0.05, 0.1) is 20.1 Å². The van der Waals surface area contributed by atoms with E-state index in [1.165, 1.54) is 0 Å². The van der Waals surface area contributed by atoms with Crippen LogP contribution in [-0.4, -0.2) is 0 Å². The second-order valence-electron chi connectivity index (χ2n) is 3.85. The Morgan fingerprint density at radius 2 is 1.53 bits per heavy atom. The number of rotatable bonds is 2. The molecule has 6 heteroatoms. The molecular formula is C13H8Cl5N. The van der Waals surface area contributed by atoms with Crippen LogP contribution in [0.25, 0.3) is 11.1 Å². The fourth-order valence-electron chi connectivity index (χ4n) is 1.77. The molecular weight excluding hydrogens is 347 g/mol. The maximum absolute atomic E-state index is 6.23. The average Bonchev–Trinajstić information content (AvgIpc) is 2.36. The topological polar surface area (TPSA) is 26.0 Å². The van der Waals surface area contributed by atoms with E-state index in [-0.39, 0.29) is 10.0 Å². The van der Waals surface area contributed by atoms with Gasteiger partial charge >= 0.3 is 0 Å². The molecule has 0 fully saturated rings. The van der Waals surface area contributed by atoms with Gasteiger partial charge in [0.15, 0.2) is 0 Å². The zero-order chi connectivity index (χ0) is 14.2. The molecule has 0 heterocycles. The highest BCUT2D eigenvalue weighted by atomic mass is 35.5. The zero-order valence-electron chi connectivity index (χ0n) is 9.48. The van der Waals surface area contributed by atoms with E-state index in [1.807, 2.05) is 6.07 Å². The lowest BCUT2D eigenvalue weighted by Gasteiger charge is -2.14. The molecule has 0 bridgehead atoms. The molecule has 0 aromatic heterocycles. The first-order valence-corrected chi connectivity index (χ1v) is 7.16. The van der Waals surface area contributed by atoms with Crippen molar-refractivity contribution in [1.82, 2.24) is 0 Å². The van der Waals surface area contributed by atoms with E-state index in [4.69, 9.17) is 63.7 Å². The van der Waals surface area contributed by atoms with Crippen molar-refractivity contribution in [3.63, 3.8) is 0 Å². The van der Waals surface area contributed by atoms with Crippen LogP contribution in [0.2, 0.25) is 25.1 Å². The third-order valence-corrected chi connectivity index (χ3v) is 4.47. The highest BCUT2D eigenvalue weighted by molar-refractivity contribution is 6.51. The molecule has 0 aliphatic heterocycles. The molecule has 2 N–H and O–H groups in total. The Labute approximate surface area is 136 Å². The largest absolute Gasteiger partial charge is 0.326 e. The minimum absolute atomic E-state index is 0.255. The summed E-state index contributed by atoms with van der Waals surface area (Å²) >= 11 is 30.4. The predicted octanol–water partition coefficient (Wildman–Crippen LogP) is 6.08. The summed E-state index contributed by atoms with van der Waals surface area (Å²) in [6.07, 6.45) is 0. The van der Waals surface area contributed by atoms with Gasteiger partial charge in [0.1, 0.15) is 0 Å². The molecule has 0 saturated carbocycles. The van der Waals surface area contributed by atoms with Crippen LogP contribution in [0.1, 0.15) is 5.56 Å². The summed E-state index contributed by atoms with van der Waals surface area (Å²) in [6, 6.07) is 6.88. The minimum atomic E-state index is 0.255. The predicted molar refractivity (Wildman–Crippen MR) is 84.8 cm³/mol. The lowest BCUT2D eigenvalue weighted by atomic mass is 9.99. The zero-order valence-corrected chi connectivity index (χ0v) is 13.3. The highest BCUT2D eigenvalue weighted by Gasteiger charge is 2.17. The van der Waals surface area contributed by atoms with Crippen molar-refractivity contribution in [1.29, 1.82) is 0 Å². The monoisotopic (exact) mass is 353 g/mol. The first kappa shape index (κ1) is 15.2. The smallest absolute Gasteiger partial charge is 0.0785 e. The summed E-state index contributed by atoms with van der Waals surface area (Å²) < 4.78 is 0. The first-order valence-electron chi connectivity index (χ1n) is 5.27. The van der Waals surface area contributed by atoms with Crippen LogP contribution in [-0.2, 0) is 6.54 Å². The van der Waals surface area contributed by atoms with Gasteiger partial charge in [0.25, 0.3) is 0 Å². The Balaban J connectivity index is 2.79. The molecule has 2 rings (SSSR count). The third-order valence-electron chi connectivity index (χ3n) is 2.68. The van der Waals surface area contributed by atoms with Crippen LogP contribution < -0.4 is 5.73 Å². The van der Waals surface area contributed by atoms with Crippen LogP contribution in [0.15, 0.2) is 24.3 Å². The maximum Gasteiger partial charge on any atom is 0.0785 e. The van der Waals surface area contributed by atoms with Crippen LogP contribution in [0.5, 0.6) is 0 Å². The van der Waals surface area contributed by atoms with E-state index in [2.05, 4.69) is 0 Å². The lowest BCUT2D eigenvalue weighted by Crippen LogP contribution is -1.99. The summed E-state index contributed by atoms with van der Waals surface area (Å²) in [7, 11) is 0. The fraction of sp³-hybridized carbons (Fsp3) is 0.0769. The van der Waals surface area contributed by atoms with Gasteiger partial charge in [-0.15, -0.1) is 0 Å². The molecule has 2 aromatic rings. The normalized spacial score (nSPS) is 10.8. The van der Waals surface area contributed by atoms with Gasteiger partial charge in [-0.1, -0.05) is 64.1 Å². The van der Waals surface area contributed by atoms with Gasteiger partial charge in [-0.3, -0.25) is 0 Å². The summed E-state index contributed by atoms with van der Waals surface area (Å²) in [5.74, 6) is 0. The van der Waals surface area contributed by atoms with E-state index in [1.54, 1.807) is 18.2 Å². The van der Waals surface area contributed by atoms with Gasteiger partial charge in [0, 0.05) is 17.1 Å². The molecule has 0 radical (unpaired) electrons. The van der Waals surface area contributed by atoms with Gasteiger partial charge in [-0.25, -0.2) is 0 Å². The summed E-state index contributed by atoms with van der Waals surface area (Å²) in [4.78, 5) is 0. The van der Waals surface area contributed by atoms with Gasteiger partial charge in [-0.05, 0) is 29.3 Å². The highest BCUT2D eigenvalue weighted by Crippen LogP contribution is 2.44. The summed E-state index contributed by atoms with van der Waals surface area (Å²) in [6.45, 7) is 0.333. The summed E-state index contributed by atoms with van der Waals surface area (Å²) in [5, 5.41) is 1.81. The van der Waals surface area contributed by atoms with E-state index in [0.717, 1.165) is 11.1 Å². The Morgan fingerprint density at radius 3 is 2.16 bits per heavy atom. The molecule has 1 nitrogen and oxygen atoms in total. The molecule has 2 aromatic carbocycles. The van der Waals surface area contributed by atoms with Gasteiger partial charge < -0.3 is 5.73 Å².